The molecule has 3 aliphatic rings. The van der Waals surface area contributed by atoms with Crippen molar-refractivity contribution in [2.75, 3.05) is 13.2 Å². The lowest BCUT2D eigenvalue weighted by atomic mass is 9.96. The standard InChI is InChI=1S/C19H26O9/c20-8-13-19(25)14(17(19)24)16(23)18(28-13)26-5-4-9-6-11(21)15(22)12(7-9)27-10-2-1-3-10/h6-7,10,13-14,16-18,20-25H,1-5,8H2/t13?,14-,16?,17?,18+,19+/m0/s1. The van der Waals surface area contributed by atoms with E-state index in [9.17, 15) is 30.6 Å². The molecule has 6 atom stereocenters. The Morgan fingerprint density at radius 1 is 1.18 bits per heavy atom. The minimum absolute atomic E-state index is 0.0433. The highest BCUT2D eigenvalue weighted by Gasteiger charge is 2.75. The summed E-state index contributed by atoms with van der Waals surface area (Å²) in [5.74, 6) is -1.19. The molecule has 2 saturated carbocycles. The summed E-state index contributed by atoms with van der Waals surface area (Å²) in [5.41, 5.74) is -0.985. The van der Waals surface area contributed by atoms with Gasteiger partial charge in [-0.25, -0.2) is 0 Å². The SMILES string of the molecule is OCC1O[C@@H](OCCc2cc(O)c(O)c(OC3CCC3)c2)C(O)[C@H]2C(O)[C@@]12O. The average molecular weight is 398 g/mol. The van der Waals surface area contributed by atoms with Crippen molar-refractivity contribution in [1.82, 2.24) is 0 Å². The van der Waals surface area contributed by atoms with Crippen LogP contribution in [0.4, 0.5) is 0 Å². The Kier molecular flexibility index (Phi) is 5.15. The number of phenols is 2. The average Bonchev–Trinajstić information content (AvgIpc) is 3.19. The van der Waals surface area contributed by atoms with Crippen LogP contribution >= 0.6 is 0 Å². The van der Waals surface area contributed by atoms with Crippen molar-refractivity contribution >= 4 is 0 Å². The molecular formula is C19H26O9. The van der Waals surface area contributed by atoms with Gasteiger partial charge in [0.25, 0.3) is 0 Å². The van der Waals surface area contributed by atoms with Gasteiger partial charge in [-0.15, -0.1) is 0 Å². The van der Waals surface area contributed by atoms with Crippen molar-refractivity contribution in [2.45, 2.75) is 62.0 Å². The van der Waals surface area contributed by atoms with Crippen molar-refractivity contribution in [3.63, 3.8) is 0 Å². The van der Waals surface area contributed by atoms with Gasteiger partial charge in [-0.3, -0.25) is 0 Å². The van der Waals surface area contributed by atoms with Crippen LogP contribution in [0.1, 0.15) is 24.8 Å². The molecule has 0 amide bonds. The van der Waals surface area contributed by atoms with E-state index in [0.717, 1.165) is 19.3 Å². The van der Waals surface area contributed by atoms with Crippen molar-refractivity contribution in [2.24, 2.45) is 5.92 Å². The lowest BCUT2D eigenvalue weighted by Crippen LogP contribution is -2.51. The number of hydrogen-bond donors (Lipinski definition) is 6. The van der Waals surface area contributed by atoms with E-state index in [1.807, 2.05) is 0 Å². The first kappa shape index (κ1) is 19.7. The van der Waals surface area contributed by atoms with Gasteiger partial charge in [0.05, 0.1) is 31.3 Å². The molecule has 1 saturated heterocycles. The molecule has 3 fully saturated rings. The molecule has 0 spiro atoms. The molecule has 0 radical (unpaired) electrons. The van der Waals surface area contributed by atoms with Crippen molar-refractivity contribution in [1.29, 1.82) is 0 Å². The molecule has 2 aliphatic carbocycles. The predicted octanol–water partition coefficient (Wildman–Crippen LogP) is -0.612. The molecule has 156 valence electrons. The zero-order valence-electron chi connectivity index (χ0n) is 15.3. The summed E-state index contributed by atoms with van der Waals surface area (Å²) in [7, 11) is 0. The van der Waals surface area contributed by atoms with Gasteiger partial charge in [-0.2, -0.15) is 0 Å². The molecule has 4 rings (SSSR count). The van der Waals surface area contributed by atoms with Crippen LogP contribution in [0.5, 0.6) is 17.2 Å². The molecule has 9 nitrogen and oxygen atoms in total. The van der Waals surface area contributed by atoms with Gasteiger partial charge in [0.15, 0.2) is 17.8 Å². The van der Waals surface area contributed by atoms with E-state index in [1.165, 1.54) is 6.07 Å². The first-order valence-electron chi connectivity index (χ1n) is 9.54. The third-order valence-corrected chi connectivity index (χ3v) is 6.00. The lowest BCUT2D eigenvalue weighted by Gasteiger charge is -2.35. The Morgan fingerprint density at radius 2 is 1.93 bits per heavy atom. The fraction of sp³-hybridized carbons (Fsp3) is 0.684. The number of aliphatic hydroxyl groups is 4. The van der Waals surface area contributed by atoms with Crippen LogP contribution in [0.25, 0.3) is 0 Å². The van der Waals surface area contributed by atoms with Crippen LogP contribution in [-0.2, 0) is 15.9 Å². The second-order valence-corrected chi connectivity index (χ2v) is 7.78. The van der Waals surface area contributed by atoms with Gasteiger partial charge < -0.3 is 44.8 Å². The smallest absolute Gasteiger partial charge is 0.200 e. The second kappa shape index (κ2) is 7.33. The Hall–Kier alpha value is -1.62. The number of rotatable bonds is 7. The predicted molar refractivity (Wildman–Crippen MR) is 93.9 cm³/mol. The topological polar surface area (TPSA) is 149 Å². The van der Waals surface area contributed by atoms with E-state index >= 15 is 0 Å². The van der Waals surface area contributed by atoms with Gasteiger partial charge >= 0.3 is 0 Å². The largest absolute Gasteiger partial charge is 0.504 e. The third kappa shape index (κ3) is 3.22. The fourth-order valence-electron chi connectivity index (χ4n) is 3.96. The summed E-state index contributed by atoms with van der Waals surface area (Å²) in [4.78, 5) is 0. The first-order valence-corrected chi connectivity index (χ1v) is 9.54. The van der Waals surface area contributed by atoms with Crippen LogP contribution < -0.4 is 4.74 Å². The number of aliphatic hydroxyl groups excluding tert-OH is 3. The van der Waals surface area contributed by atoms with E-state index < -0.39 is 42.7 Å². The molecule has 1 heterocycles. The summed E-state index contributed by atoms with van der Waals surface area (Å²) < 4.78 is 16.7. The Morgan fingerprint density at radius 3 is 2.57 bits per heavy atom. The Bertz CT molecular complexity index is 718. The minimum atomic E-state index is -1.65. The minimum Gasteiger partial charge on any atom is -0.504 e. The zero-order valence-corrected chi connectivity index (χ0v) is 15.3. The van der Waals surface area contributed by atoms with Crippen LogP contribution in [0.2, 0.25) is 0 Å². The number of ether oxygens (including phenoxy) is 3. The number of fused-ring (bicyclic) bond motifs is 1. The Balaban J connectivity index is 1.36. The molecular weight excluding hydrogens is 372 g/mol. The summed E-state index contributed by atoms with van der Waals surface area (Å²) in [6.45, 7) is -0.404. The van der Waals surface area contributed by atoms with E-state index in [1.54, 1.807) is 6.07 Å². The van der Waals surface area contributed by atoms with Gasteiger partial charge in [0.1, 0.15) is 17.8 Å². The van der Waals surface area contributed by atoms with E-state index in [2.05, 4.69) is 0 Å². The van der Waals surface area contributed by atoms with Crippen molar-refractivity contribution in [3.05, 3.63) is 17.7 Å². The van der Waals surface area contributed by atoms with Crippen LogP contribution in [0.15, 0.2) is 12.1 Å². The summed E-state index contributed by atoms with van der Waals surface area (Å²) in [5, 5.41) is 59.6. The maximum Gasteiger partial charge on any atom is 0.200 e. The zero-order chi connectivity index (χ0) is 20.1. The van der Waals surface area contributed by atoms with E-state index in [4.69, 9.17) is 14.2 Å². The highest BCUT2D eigenvalue weighted by molar-refractivity contribution is 5.52. The maximum atomic E-state index is 10.2. The lowest BCUT2D eigenvalue weighted by molar-refractivity contribution is -0.273. The highest BCUT2D eigenvalue weighted by Crippen LogP contribution is 2.54. The number of hydrogen-bond acceptors (Lipinski definition) is 9. The molecule has 1 aromatic rings. The van der Waals surface area contributed by atoms with Crippen LogP contribution in [0, 0.1) is 5.92 Å². The molecule has 1 aliphatic heterocycles. The summed E-state index contributed by atoms with van der Waals surface area (Å²) in [6.07, 6.45) is -1.26. The first-order chi connectivity index (χ1) is 13.4. The van der Waals surface area contributed by atoms with E-state index in [-0.39, 0.29) is 30.0 Å². The number of benzene rings is 1. The molecule has 0 bridgehead atoms. The molecule has 3 unspecified atom stereocenters. The summed E-state index contributed by atoms with van der Waals surface area (Å²) >= 11 is 0. The third-order valence-electron chi connectivity index (χ3n) is 6.00. The van der Waals surface area contributed by atoms with E-state index in [0.29, 0.717) is 12.0 Å². The van der Waals surface area contributed by atoms with Gasteiger partial charge in [0, 0.05) is 0 Å². The molecule has 1 aromatic carbocycles. The normalized spacial score (nSPS) is 37.2. The molecule has 9 heteroatoms. The van der Waals surface area contributed by atoms with Gasteiger partial charge in [-0.1, -0.05) is 0 Å². The maximum absolute atomic E-state index is 10.2. The number of phenolic OH excluding ortho intramolecular Hbond substituents is 2. The quantitative estimate of drug-likeness (QED) is 0.331. The van der Waals surface area contributed by atoms with Gasteiger partial charge in [0.2, 0.25) is 5.75 Å². The molecule has 0 aromatic heterocycles. The van der Waals surface area contributed by atoms with Crippen LogP contribution in [0.3, 0.4) is 0 Å². The van der Waals surface area contributed by atoms with Crippen molar-refractivity contribution < 1.29 is 44.8 Å². The fourth-order valence-corrected chi connectivity index (χ4v) is 3.96. The highest BCUT2D eigenvalue weighted by atomic mass is 16.7. The van der Waals surface area contributed by atoms with Crippen molar-refractivity contribution in [3.8, 4) is 17.2 Å². The Labute approximate surface area is 161 Å². The second-order valence-electron chi connectivity index (χ2n) is 7.78. The summed E-state index contributed by atoms with van der Waals surface area (Å²) in [6, 6.07) is 3.04. The molecule has 28 heavy (non-hydrogen) atoms. The molecule has 6 N–H and O–H groups in total. The number of aromatic hydroxyl groups is 2. The van der Waals surface area contributed by atoms with Gasteiger partial charge in [-0.05, 0) is 43.4 Å². The monoisotopic (exact) mass is 398 g/mol. The van der Waals surface area contributed by atoms with Crippen LogP contribution in [-0.4, -0.2) is 80.2 Å².